The van der Waals surface area contributed by atoms with Crippen molar-refractivity contribution in [2.75, 3.05) is 0 Å². The highest BCUT2D eigenvalue weighted by Crippen LogP contribution is 2.53. The Morgan fingerprint density at radius 2 is 1.40 bits per heavy atom. The summed E-state index contributed by atoms with van der Waals surface area (Å²) in [6, 6.07) is 20.7. The van der Waals surface area contributed by atoms with Crippen LogP contribution in [0.1, 0.15) is 138 Å². The Bertz CT molecular complexity index is 1390. The molecule has 0 bridgehead atoms. The van der Waals surface area contributed by atoms with E-state index in [1.165, 1.54) is 0 Å². The van der Waals surface area contributed by atoms with Gasteiger partial charge in [0.15, 0.2) is 0 Å². The van der Waals surface area contributed by atoms with E-state index in [2.05, 4.69) is 45.0 Å². The average molecular weight is 610 g/mol. The van der Waals surface area contributed by atoms with Gasteiger partial charge in [-0.2, -0.15) is 0 Å². The number of primary amides is 1. The van der Waals surface area contributed by atoms with Crippen LogP contribution in [0, 0.1) is 11.3 Å². The molecule has 0 aliphatic heterocycles. The number of amides is 1. The quantitative estimate of drug-likeness (QED) is 0.160. The number of unbranched alkanes of at least 4 members (excludes halogenated alkanes) is 2. The van der Waals surface area contributed by atoms with Crippen LogP contribution in [-0.2, 0) is 17.6 Å². The number of carbonyl (C=O) groups is 1. The van der Waals surface area contributed by atoms with Crippen molar-refractivity contribution in [1.29, 1.82) is 0 Å². The van der Waals surface area contributed by atoms with E-state index >= 15 is 0 Å². The number of nitrogens with two attached hydrogens (primary N) is 1. The summed E-state index contributed by atoms with van der Waals surface area (Å²) in [5.41, 5.74) is 12.7. The predicted molar refractivity (Wildman–Crippen MR) is 188 cm³/mol. The van der Waals surface area contributed by atoms with Gasteiger partial charge in [0.2, 0.25) is 5.91 Å². The van der Waals surface area contributed by atoms with Crippen LogP contribution in [0.25, 0.3) is 5.57 Å². The van der Waals surface area contributed by atoms with Crippen LogP contribution >= 0.6 is 0 Å². The van der Waals surface area contributed by atoms with Crippen LogP contribution in [-0.4, -0.2) is 16.1 Å². The van der Waals surface area contributed by atoms with Gasteiger partial charge in [-0.15, -0.1) is 0 Å². The molecule has 3 aromatic rings. The second-order valence-corrected chi connectivity index (χ2v) is 13.7. The molecular weight excluding hydrogens is 554 g/mol. The first-order valence-electron chi connectivity index (χ1n) is 17.3. The lowest BCUT2D eigenvalue weighted by atomic mass is 9.68. The molecule has 0 heterocycles. The third kappa shape index (κ3) is 7.83. The van der Waals surface area contributed by atoms with E-state index in [0.29, 0.717) is 24.3 Å². The molecule has 2 unspecified atom stereocenters. The first kappa shape index (κ1) is 34.3. The molecule has 0 radical (unpaired) electrons. The highest BCUT2D eigenvalue weighted by atomic mass is 16.3. The standard InChI is InChI=1S/C41H55NO3/c1-6-9-17-30-23-24-35(41(4,5)40(42)45)32(25-30)37-38(43)33(26-28-18-13-11-14-19-28)36(31(8-3)22-10-7-2)34(39(37)44)27-29-20-15-12-16-21-29/h11-16,18-21,30-31,43-44H,6-10,17,22-27H2,1-5H3,(H2,42,45). The van der Waals surface area contributed by atoms with Gasteiger partial charge in [0.1, 0.15) is 11.5 Å². The highest BCUT2D eigenvalue weighted by Gasteiger charge is 2.38. The Kier molecular flexibility index (Phi) is 11.9. The molecule has 4 N–H and O–H groups in total. The number of allylic oxidation sites excluding steroid dienone is 1. The Morgan fingerprint density at radius 3 is 1.87 bits per heavy atom. The lowest BCUT2D eigenvalue weighted by Gasteiger charge is -2.36. The molecule has 0 spiro atoms. The van der Waals surface area contributed by atoms with Crippen molar-refractivity contribution < 1.29 is 15.0 Å². The molecule has 0 aromatic heterocycles. The van der Waals surface area contributed by atoms with Crippen molar-refractivity contribution in [3.05, 3.63) is 99.6 Å². The van der Waals surface area contributed by atoms with E-state index in [4.69, 9.17) is 5.73 Å². The molecule has 4 nitrogen and oxygen atoms in total. The van der Waals surface area contributed by atoms with Crippen LogP contribution in [0.15, 0.2) is 66.2 Å². The topological polar surface area (TPSA) is 83.6 Å². The molecule has 0 saturated carbocycles. The number of rotatable bonds is 15. The van der Waals surface area contributed by atoms with Gasteiger partial charge in [0, 0.05) is 24.0 Å². The molecule has 242 valence electrons. The summed E-state index contributed by atoms with van der Waals surface area (Å²) in [5, 5.41) is 25.0. The Balaban J connectivity index is 2.09. The van der Waals surface area contributed by atoms with Crippen molar-refractivity contribution in [2.45, 2.75) is 118 Å². The monoisotopic (exact) mass is 609 g/mol. The van der Waals surface area contributed by atoms with E-state index < -0.39 is 5.41 Å². The van der Waals surface area contributed by atoms with Gasteiger partial charge in [-0.3, -0.25) is 4.79 Å². The molecule has 2 atom stereocenters. The second-order valence-electron chi connectivity index (χ2n) is 13.7. The van der Waals surface area contributed by atoms with E-state index in [9.17, 15) is 15.0 Å². The fraction of sp³-hybridized carbons (Fsp3) is 0.488. The van der Waals surface area contributed by atoms with Crippen LogP contribution in [0.5, 0.6) is 11.5 Å². The average Bonchev–Trinajstić information content (AvgIpc) is 3.04. The largest absolute Gasteiger partial charge is 0.507 e. The zero-order chi connectivity index (χ0) is 32.6. The summed E-state index contributed by atoms with van der Waals surface area (Å²) in [7, 11) is 0. The Morgan fingerprint density at radius 1 is 0.867 bits per heavy atom. The Labute approximate surface area is 271 Å². The van der Waals surface area contributed by atoms with Gasteiger partial charge in [-0.05, 0) is 80.1 Å². The van der Waals surface area contributed by atoms with Crippen molar-refractivity contribution in [3.63, 3.8) is 0 Å². The molecule has 0 fully saturated rings. The lowest BCUT2D eigenvalue weighted by Crippen LogP contribution is -2.35. The second kappa shape index (κ2) is 15.7. The van der Waals surface area contributed by atoms with Gasteiger partial charge in [-0.25, -0.2) is 0 Å². The lowest BCUT2D eigenvalue weighted by molar-refractivity contribution is -0.124. The fourth-order valence-corrected chi connectivity index (χ4v) is 7.43. The van der Waals surface area contributed by atoms with Gasteiger partial charge in [0.05, 0.1) is 11.0 Å². The molecule has 4 heteroatoms. The first-order valence-corrected chi connectivity index (χ1v) is 17.3. The third-order valence-corrected chi connectivity index (χ3v) is 10.2. The minimum atomic E-state index is -0.894. The molecule has 3 aromatic carbocycles. The molecule has 1 aliphatic carbocycles. The number of hydrogen-bond acceptors (Lipinski definition) is 3. The molecular formula is C41H55NO3. The maximum Gasteiger partial charge on any atom is 0.227 e. The number of hydrogen-bond donors (Lipinski definition) is 3. The summed E-state index contributed by atoms with van der Waals surface area (Å²) in [5.74, 6) is 0.586. The normalized spacial score (nSPS) is 16.2. The molecule has 45 heavy (non-hydrogen) atoms. The van der Waals surface area contributed by atoms with Gasteiger partial charge >= 0.3 is 0 Å². The summed E-state index contributed by atoms with van der Waals surface area (Å²) in [4.78, 5) is 12.9. The number of phenolic OH excluding ortho intramolecular Hbond substituents is 2. The predicted octanol–water partition coefficient (Wildman–Crippen LogP) is 10.2. The SMILES string of the molecule is CCCCC1CCC(C(C)(C)C(N)=O)=C(c2c(O)c(Cc3ccccc3)c(C(CC)CCCC)c(Cc3ccccc3)c2O)C1. The van der Waals surface area contributed by atoms with E-state index in [0.717, 1.165) is 103 Å². The molecule has 4 rings (SSSR count). The first-order chi connectivity index (χ1) is 21.6. The van der Waals surface area contributed by atoms with Crippen LogP contribution in [0.2, 0.25) is 0 Å². The number of benzene rings is 3. The van der Waals surface area contributed by atoms with Crippen LogP contribution < -0.4 is 5.73 Å². The van der Waals surface area contributed by atoms with Crippen molar-refractivity contribution in [2.24, 2.45) is 17.1 Å². The van der Waals surface area contributed by atoms with E-state index in [1.54, 1.807) is 0 Å². The highest BCUT2D eigenvalue weighted by molar-refractivity contribution is 5.90. The van der Waals surface area contributed by atoms with Crippen molar-refractivity contribution >= 4 is 11.5 Å². The van der Waals surface area contributed by atoms with Crippen molar-refractivity contribution in [3.8, 4) is 11.5 Å². The van der Waals surface area contributed by atoms with Gasteiger partial charge in [-0.1, -0.05) is 119 Å². The zero-order valence-corrected chi connectivity index (χ0v) is 28.3. The maximum absolute atomic E-state index is 12.9. The number of phenols is 2. The molecule has 1 amide bonds. The van der Waals surface area contributed by atoms with Crippen LogP contribution in [0.4, 0.5) is 0 Å². The summed E-state index contributed by atoms with van der Waals surface area (Å²) in [6.07, 6.45) is 11.0. The third-order valence-electron chi connectivity index (χ3n) is 10.2. The summed E-state index contributed by atoms with van der Waals surface area (Å²) < 4.78 is 0. The minimum absolute atomic E-state index is 0.169. The van der Waals surface area contributed by atoms with E-state index in [1.807, 2.05) is 50.2 Å². The summed E-state index contributed by atoms with van der Waals surface area (Å²) >= 11 is 0. The Hall–Kier alpha value is -3.53. The number of carbonyl (C=O) groups excluding carboxylic acids is 1. The van der Waals surface area contributed by atoms with E-state index in [-0.39, 0.29) is 23.3 Å². The number of aromatic hydroxyl groups is 2. The minimum Gasteiger partial charge on any atom is -0.507 e. The van der Waals surface area contributed by atoms with Crippen LogP contribution in [0.3, 0.4) is 0 Å². The van der Waals surface area contributed by atoms with Gasteiger partial charge < -0.3 is 15.9 Å². The zero-order valence-electron chi connectivity index (χ0n) is 28.3. The molecule has 0 saturated heterocycles. The maximum atomic E-state index is 12.9. The fourth-order valence-electron chi connectivity index (χ4n) is 7.43. The van der Waals surface area contributed by atoms with Gasteiger partial charge in [0.25, 0.3) is 0 Å². The smallest absolute Gasteiger partial charge is 0.227 e. The van der Waals surface area contributed by atoms with Crippen molar-refractivity contribution in [1.82, 2.24) is 0 Å². The molecule has 1 aliphatic rings. The summed E-state index contributed by atoms with van der Waals surface area (Å²) in [6.45, 7) is 10.4.